The normalized spacial score (nSPS) is 35.7. The molecule has 1 N–H and O–H groups in total. The van der Waals surface area contributed by atoms with Crippen molar-refractivity contribution >= 4 is 18.3 Å². The lowest BCUT2D eigenvalue weighted by molar-refractivity contribution is -0.221. The molecule has 2 aromatic rings. The molecule has 6 aliphatic rings. The lowest BCUT2D eigenvalue weighted by Gasteiger charge is -2.69. The zero-order valence-electron chi connectivity index (χ0n) is 36.1. The maximum absolute atomic E-state index is 12.8. The van der Waals surface area contributed by atoms with E-state index in [1.165, 1.54) is 57.8 Å². The van der Waals surface area contributed by atoms with Crippen LogP contribution in [-0.4, -0.2) is 56.1 Å². The fourth-order valence-electron chi connectivity index (χ4n) is 13.5. The van der Waals surface area contributed by atoms with Crippen LogP contribution in [0, 0.1) is 56.7 Å². The number of hydrogen-bond acceptors (Lipinski definition) is 8. The van der Waals surface area contributed by atoms with Crippen LogP contribution < -0.4 is 0 Å². The van der Waals surface area contributed by atoms with Gasteiger partial charge in [0.05, 0.1) is 11.8 Å². The Morgan fingerprint density at radius 1 is 0.966 bits per heavy atom. The van der Waals surface area contributed by atoms with E-state index in [0.717, 1.165) is 67.9 Å². The summed E-state index contributed by atoms with van der Waals surface area (Å²) in [5.74, 6) is 3.80. The molecule has 10 atom stereocenters. The van der Waals surface area contributed by atoms with Crippen molar-refractivity contribution in [1.29, 1.82) is 0 Å². The maximum Gasteiger partial charge on any atom is 0.309 e. The summed E-state index contributed by atoms with van der Waals surface area (Å²) in [5.41, 5.74) is 0.980. The van der Waals surface area contributed by atoms with Crippen LogP contribution in [0.5, 0.6) is 0 Å². The number of aliphatic carboxylic acids is 1. The lowest BCUT2D eigenvalue weighted by atomic mass is 9.36. The quantitative estimate of drug-likeness (QED) is 0.165. The Hall–Kier alpha value is -3.56. The lowest BCUT2D eigenvalue weighted by Crippen LogP contribution is -2.63. The molecule has 1 amide bonds. The molecule has 5 aliphatic carbocycles. The van der Waals surface area contributed by atoms with Crippen LogP contribution >= 0.6 is 0 Å². The van der Waals surface area contributed by atoms with Gasteiger partial charge in [0.15, 0.2) is 0 Å². The van der Waals surface area contributed by atoms with Gasteiger partial charge in [-0.3, -0.25) is 19.4 Å². The van der Waals surface area contributed by atoms with Crippen LogP contribution in [0.25, 0.3) is 11.4 Å². The number of carbonyl (C=O) groups excluding carboxylic acids is 2. The topological polar surface area (TPSA) is 136 Å². The zero-order valence-corrected chi connectivity index (χ0v) is 36.1. The van der Waals surface area contributed by atoms with Gasteiger partial charge >= 0.3 is 11.9 Å². The summed E-state index contributed by atoms with van der Waals surface area (Å²) in [6, 6.07) is 3.60. The number of carbonyl (C=O) groups is 3. The monoisotopic (exact) mass is 803 g/mol. The van der Waals surface area contributed by atoms with Crippen molar-refractivity contribution in [2.75, 3.05) is 6.54 Å². The van der Waals surface area contributed by atoms with Gasteiger partial charge in [-0.15, -0.1) is 6.58 Å². The van der Waals surface area contributed by atoms with Crippen LogP contribution in [0.4, 0.5) is 0 Å². The van der Waals surface area contributed by atoms with Gasteiger partial charge in [-0.05, 0) is 156 Å². The van der Waals surface area contributed by atoms with E-state index >= 15 is 0 Å². The SMILES string of the molecule is C.C=CC.CC(C)(CC(=O)OC1CC[C@]2(C)C(CCC3(C)C4CCC5(C)CCCC5C4CCC32)C1(C)C)C(=O)O.O=CN1CCC[C@@H]1c1nc(-c2cccnc2)no1. The first-order valence-electron chi connectivity index (χ1n) is 21.9. The fraction of sp³-hybridized carbons (Fsp3) is 0.750. The number of amides is 1. The number of carboxylic acids is 1. The Kier molecular flexibility index (Phi) is 13.8. The Bertz CT molecular complexity index is 1740. The summed E-state index contributed by atoms with van der Waals surface area (Å²) < 4.78 is 11.3. The van der Waals surface area contributed by atoms with Crippen LogP contribution in [0.1, 0.15) is 165 Å². The number of rotatable bonds is 7. The Labute approximate surface area is 348 Å². The number of carboxylic acid groups (broad SMARTS) is 1. The van der Waals surface area contributed by atoms with Gasteiger partial charge in [0.1, 0.15) is 12.1 Å². The minimum absolute atomic E-state index is 0. The molecule has 0 bridgehead atoms. The molecule has 3 heterocycles. The molecule has 10 heteroatoms. The number of likely N-dealkylation sites (tertiary alicyclic amines) is 1. The summed E-state index contributed by atoms with van der Waals surface area (Å²) >= 11 is 0. The van der Waals surface area contributed by atoms with Crippen molar-refractivity contribution in [2.24, 2.45) is 56.7 Å². The summed E-state index contributed by atoms with van der Waals surface area (Å²) in [4.78, 5) is 45.3. The molecule has 0 radical (unpaired) electrons. The number of fused-ring (bicyclic) bond motifs is 7. The highest BCUT2D eigenvalue weighted by atomic mass is 16.5. The molecule has 6 fully saturated rings. The number of allylic oxidation sites excluding steroid dienone is 1. The predicted octanol–water partition coefficient (Wildman–Crippen LogP) is 11.1. The Balaban J connectivity index is 0.000000243. The molecule has 0 spiro atoms. The van der Waals surface area contributed by atoms with Gasteiger partial charge in [0.25, 0.3) is 0 Å². The third kappa shape index (κ3) is 8.41. The first kappa shape index (κ1) is 45.5. The average Bonchev–Trinajstić information content (AvgIpc) is 3.93. The predicted molar refractivity (Wildman–Crippen MR) is 227 cm³/mol. The average molecular weight is 803 g/mol. The van der Waals surface area contributed by atoms with E-state index in [1.807, 2.05) is 19.1 Å². The Morgan fingerprint density at radius 2 is 1.69 bits per heavy atom. The molecular formula is C48H74N4O6. The third-order valence-electron chi connectivity index (χ3n) is 16.4. The second-order valence-corrected chi connectivity index (χ2v) is 20.5. The molecule has 1 saturated heterocycles. The van der Waals surface area contributed by atoms with Gasteiger partial charge in [0, 0.05) is 29.9 Å². The molecular weight excluding hydrogens is 729 g/mol. The van der Waals surface area contributed by atoms with Crippen LogP contribution in [-0.2, 0) is 19.1 Å². The van der Waals surface area contributed by atoms with Gasteiger partial charge in [-0.25, -0.2) is 0 Å². The van der Waals surface area contributed by atoms with E-state index in [2.05, 4.69) is 56.3 Å². The number of pyridine rings is 1. The molecule has 5 saturated carbocycles. The van der Waals surface area contributed by atoms with Crippen molar-refractivity contribution < 1.29 is 28.8 Å². The molecule has 58 heavy (non-hydrogen) atoms. The second-order valence-electron chi connectivity index (χ2n) is 20.5. The maximum atomic E-state index is 12.8. The third-order valence-corrected chi connectivity index (χ3v) is 16.4. The van der Waals surface area contributed by atoms with E-state index in [1.54, 1.807) is 37.2 Å². The summed E-state index contributed by atoms with van der Waals surface area (Å²) in [7, 11) is 0. The minimum atomic E-state index is -1.09. The molecule has 0 aromatic carbocycles. The van der Waals surface area contributed by atoms with Crippen molar-refractivity contribution in [3.05, 3.63) is 43.1 Å². The minimum Gasteiger partial charge on any atom is -0.481 e. The molecule has 2 aromatic heterocycles. The summed E-state index contributed by atoms with van der Waals surface area (Å²) in [6.45, 7) is 21.8. The van der Waals surface area contributed by atoms with Crippen molar-refractivity contribution in [1.82, 2.24) is 20.0 Å². The first-order chi connectivity index (χ1) is 26.9. The van der Waals surface area contributed by atoms with Crippen LogP contribution in [0.2, 0.25) is 0 Å². The van der Waals surface area contributed by atoms with E-state index in [0.29, 0.717) is 33.9 Å². The van der Waals surface area contributed by atoms with Gasteiger partial charge in [-0.1, -0.05) is 59.7 Å². The standard InChI is InChI=1S/C32H52O4.C12H12N4O2.C3H6.CH4/c1-28(2,27(34)35)19-26(33)36-25-14-18-32(7)23(29(25,3)4)13-17-31(6)22-12-16-30(5)15-8-9-21(30)20(22)10-11-24(31)32;17-8-16-6-2-4-10(16)12-14-11(15-18-12)9-3-1-5-13-7-9;1-3-2;/h20-25H,8-19H2,1-7H3,(H,34,35);1,3,5,7-8,10H,2,4,6H2;3H,1H2,2H3;1H4/t20?,21?,22?,23?,24?,25?,30?,31?,32-;10-;;/m11../s1. The Morgan fingerprint density at radius 3 is 2.36 bits per heavy atom. The van der Waals surface area contributed by atoms with E-state index < -0.39 is 11.4 Å². The van der Waals surface area contributed by atoms with Crippen LogP contribution in [0.3, 0.4) is 0 Å². The first-order valence-corrected chi connectivity index (χ1v) is 21.9. The second kappa shape index (κ2) is 17.6. The highest BCUT2D eigenvalue weighted by Gasteiger charge is 2.66. The van der Waals surface area contributed by atoms with Crippen molar-refractivity contribution in [3.8, 4) is 11.4 Å². The fourth-order valence-corrected chi connectivity index (χ4v) is 13.5. The zero-order chi connectivity index (χ0) is 41.4. The molecule has 8 unspecified atom stereocenters. The van der Waals surface area contributed by atoms with E-state index in [4.69, 9.17) is 9.26 Å². The number of ether oxygens (including phenoxy) is 1. The number of nitrogens with zero attached hydrogens (tertiary/aromatic N) is 4. The van der Waals surface area contributed by atoms with E-state index in [9.17, 15) is 19.5 Å². The summed E-state index contributed by atoms with van der Waals surface area (Å²) in [6.07, 6.45) is 22.2. The van der Waals surface area contributed by atoms with Crippen molar-refractivity contribution in [2.45, 2.75) is 165 Å². The highest BCUT2D eigenvalue weighted by molar-refractivity contribution is 5.81. The van der Waals surface area contributed by atoms with Gasteiger partial charge < -0.3 is 19.3 Å². The highest BCUT2D eigenvalue weighted by Crippen LogP contribution is 2.73. The van der Waals surface area contributed by atoms with Gasteiger partial charge in [-0.2, -0.15) is 4.98 Å². The largest absolute Gasteiger partial charge is 0.481 e. The molecule has 322 valence electrons. The number of hydrogen-bond donors (Lipinski definition) is 1. The van der Waals surface area contributed by atoms with E-state index in [-0.39, 0.29) is 37.4 Å². The molecule has 10 nitrogen and oxygen atoms in total. The molecule has 1 aliphatic heterocycles. The number of aromatic nitrogens is 3. The van der Waals surface area contributed by atoms with Crippen molar-refractivity contribution in [3.63, 3.8) is 0 Å². The van der Waals surface area contributed by atoms with Gasteiger partial charge in [0.2, 0.25) is 18.1 Å². The number of esters is 1. The van der Waals surface area contributed by atoms with Crippen LogP contribution in [0.15, 0.2) is 41.7 Å². The summed E-state index contributed by atoms with van der Waals surface area (Å²) in [5, 5.41) is 13.4. The smallest absolute Gasteiger partial charge is 0.309 e. The molecule has 8 rings (SSSR count).